The van der Waals surface area contributed by atoms with Crippen molar-refractivity contribution in [3.8, 4) is 5.75 Å². The first-order chi connectivity index (χ1) is 9.47. The van der Waals surface area contributed by atoms with Crippen molar-refractivity contribution in [1.29, 1.82) is 0 Å². The first-order valence-corrected chi connectivity index (χ1v) is 6.35. The average Bonchev–Trinajstić information content (AvgIpc) is 2.42. The fraction of sp³-hybridized carbons (Fsp3) is 0. The van der Waals surface area contributed by atoms with Gasteiger partial charge in [-0.15, -0.1) is 25.3 Å². The molecule has 7 heteroatoms. The molecule has 0 aromatic heterocycles. The lowest BCUT2D eigenvalue weighted by molar-refractivity contribution is -0.384. The summed E-state index contributed by atoms with van der Waals surface area (Å²) in [5.74, 6) is -0.334. The topological polar surface area (TPSA) is 69.4 Å². The zero-order valence-corrected chi connectivity index (χ0v) is 11.8. The van der Waals surface area contributed by atoms with Gasteiger partial charge in [-0.25, -0.2) is 4.79 Å². The number of esters is 1. The molecule has 0 bridgehead atoms. The van der Waals surface area contributed by atoms with E-state index in [9.17, 15) is 14.9 Å². The Labute approximate surface area is 125 Å². The highest BCUT2D eigenvalue weighted by Gasteiger charge is 2.11. The summed E-state index contributed by atoms with van der Waals surface area (Å²) in [5.41, 5.74) is 0.257. The lowest BCUT2D eigenvalue weighted by Crippen LogP contribution is -2.08. The summed E-state index contributed by atoms with van der Waals surface area (Å²) < 4.78 is 5.11. The van der Waals surface area contributed by atoms with E-state index in [1.165, 1.54) is 24.3 Å². The molecule has 0 radical (unpaired) electrons. The van der Waals surface area contributed by atoms with E-state index in [2.05, 4.69) is 25.3 Å². The molecule has 0 aliphatic carbocycles. The number of nitro benzene ring substituents is 1. The van der Waals surface area contributed by atoms with E-state index in [4.69, 9.17) is 4.74 Å². The maximum Gasteiger partial charge on any atom is 0.343 e. The van der Waals surface area contributed by atoms with Gasteiger partial charge in [0.15, 0.2) is 0 Å². The molecule has 20 heavy (non-hydrogen) atoms. The largest absolute Gasteiger partial charge is 0.423 e. The third-order valence-corrected chi connectivity index (χ3v) is 3.41. The van der Waals surface area contributed by atoms with Crippen LogP contribution in [-0.4, -0.2) is 10.9 Å². The van der Waals surface area contributed by atoms with Crippen molar-refractivity contribution in [3.05, 3.63) is 58.1 Å². The van der Waals surface area contributed by atoms with Crippen molar-refractivity contribution in [1.82, 2.24) is 0 Å². The van der Waals surface area contributed by atoms with Gasteiger partial charge in [-0.2, -0.15) is 0 Å². The highest BCUT2D eigenvalue weighted by Crippen LogP contribution is 2.22. The van der Waals surface area contributed by atoms with Gasteiger partial charge in [-0.3, -0.25) is 10.1 Å². The van der Waals surface area contributed by atoms with Crippen LogP contribution in [0.4, 0.5) is 5.69 Å². The van der Waals surface area contributed by atoms with E-state index in [0.29, 0.717) is 15.4 Å². The molecular formula is C13H9NO4S2. The highest BCUT2D eigenvalue weighted by molar-refractivity contribution is 7.83. The molecule has 0 unspecified atom stereocenters. The number of nitrogens with zero attached hydrogens (tertiary/aromatic N) is 1. The van der Waals surface area contributed by atoms with Crippen molar-refractivity contribution in [3.63, 3.8) is 0 Å². The van der Waals surface area contributed by atoms with Gasteiger partial charge in [-0.1, -0.05) is 0 Å². The Hall–Kier alpha value is -1.99. The summed E-state index contributed by atoms with van der Waals surface area (Å²) in [5, 5.41) is 10.5. The molecule has 0 fully saturated rings. The minimum absolute atomic E-state index is 0.0677. The van der Waals surface area contributed by atoms with Gasteiger partial charge >= 0.3 is 5.97 Å². The van der Waals surface area contributed by atoms with Crippen LogP contribution in [0.2, 0.25) is 0 Å². The predicted molar refractivity (Wildman–Crippen MR) is 79.0 cm³/mol. The zero-order valence-electron chi connectivity index (χ0n) is 10.0. The molecule has 0 heterocycles. The fourth-order valence-corrected chi connectivity index (χ4v) is 1.80. The second kappa shape index (κ2) is 5.98. The molecule has 2 aromatic carbocycles. The quantitative estimate of drug-likeness (QED) is 0.300. The van der Waals surface area contributed by atoms with Crippen LogP contribution in [0.3, 0.4) is 0 Å². The van der Waals surface area contributed by atoms with Gasteiger partial charge in [0.1, 0.15) is 5.75 Å². The molecular weight excluding hydrogens is 298 g/mol. The summed E-state index contributed by atoms with van der Waals surface area (Å²) >= 11 is 8.32. The minimum Gasteiger partial charge on any atom is -0.423 e. The average molecular weight is 307 g/mol. The van der Waals surface area contributed by atoms with Gasteiger partial charge in [0, 0.05) is 21.9 Å². The normalized spacial score (nSPS) is 10.1. The van der Waals surface area contributed by atoms with Crippen molar-refractivity contribution in [2.75, 3.05) is 0 Å². The van der Waals surface area contributed by atoms with Crippen LogP contribution < -0.4 is 4.74 Å². The van der Waals surface area contributed by atoms with Crippen LogP contribution in [0.15, 0.2) is 52.3 Å². The second-order valence-electron chi connectivity index (χ2n) is 3.84. The van der Waals surface area contributed by atoms with Crippen LogP contribution in [0.5, 0.6) is 5.75 Å². The van der Waals surface area contributed by atoms with E-state index in [1.54, 1.807) is 18.2 Å². The van der Waals surface area contributed by atoms with Crippen molar-refractivity contribution in [2.24, 2.45) is 0 Å². The van der Waals surface area contributed by atoms with Gasteiger partial charge in [-0.05, 0) is 30.3 Å². The smallest absolute Gasteiger partial charge is 0.343 e. The van der Waals surface area contributed by atoms with Gasteiger partial charge in [0.05, 0.1) is 10.5 Å². The van der Waals surface area contributed by atoms with Crippen molar-refractivity contribution < 1.29 is 14.5 Å². The summed E-state index contributed by atoms with van der Waals surface area (Å²) in [6.45, 7) is 0. The van der Waals surface area contributed by atoms with Crippen LogP contribution >= 0.6 is 25.3 Å². The summed E-state index contributed by atoms with van der Waals surface area (Å²) in [6.07, 6.45) is 0. The van der Waals surface area contributed by atoms with E-state index in [-0.39, 0.29) is 11.4 Å². The fourth-order valence-electron chi connectivity index (χ4n) is 1.45. The molecule has 102 valence electrons. The van der Waals surface area contributed by atoms with Crippen molar-refractivity contribution >= 4 is 36.9 Å². The molecule has 0 atom stereocenters. The molecule has 0 aliphatic rings. The molecule has 0 aliphatic heterocycles. The second-order valence-corrected chi connectivity index (χ2v) is 4.81. The number of carbonyl (C=O) groups is 1. The van der Waals surface area contributed by atoms with E-state index in [0.717, 1.165) is 0 Å². The number of thiol groups is 2. The SMILES string of the molecule is O=C(Oc1ccc([N+](=O)[O-])cc1)c1ccc(S)c(S)c1. The first-order valence-electron chi connectivity index (χ1n) is 5.46. The number of non-ortho nitro benzene ring substituents is 1. The van der Waals surface area contributed by atoms with Gasteiger partial charge in [0.25, 0.3) is 5.69 Å². The molecule has 2 aromatic rings. The number of benzene rings is 2. The van der Waals surface area contributed by atoms with Crippen LogP contribution in [0.25, 0.3) is 0 Å². The summed E-state index contributed by atoms with van der Waals surface area (Å²) in [4.78, 5) is 23.1. The number of nitro groups is 1. The van der Waals surface area contributed by atoms with Crippen LogP contribution in [0.1, 0.15) is 10.4 Å². The van der Waals surface area contributed by atoms with Crippen LogP contribution in [-0.2, 0) is 0 Å². The first kappa shape index (κ1) is 14.4. The van der Waals surface area contributed by atoms with E-state index >= 15 is 0 Å². The maximum atomic E-state index is 11.9. The molecule has 2 rings (SSSR count). The van der Waals surface area contributed by atoms with Gasteiger partial charge in [0.2, 0.25) is 0 Å². The summed E-state index contributed by atoms with van der Waals surface area (Å²) in [7, 11) is 0. The zero-order chi connectivity index (χ0) is 14.7. The minimum atomic E-state index is -0.567. The molecule has 0 saturated heterocycles. The third kappa shape index (κ3) is 3.31. The number of rotatable bonds is 3. The van der Waals surface area contributed by atoms with Crippen LogP contribution in [0, 0.1) is 10.1 Å². The summed E-state index contributed by atoms with van der Waals surface area (Å²) in [6, 6.07) is 10.0. The van der Waals surface area contributed by atoms with E-state index < -0.39 is 10.9 Å². The van der Waals surface area contributed by atoms with E-state index in [1.807, 2.05) is 0 Å². The Kier molecular flexibility index (Phi) is 4.31. The number of ether oxygens (including phenoxy) is 1. The Morgan fingerprint density at radius 1 is 1.05 bits per heavy atom. The Morgan fingerprint density at radius 2 is 1.70 bits per heavy atom. The standard InChI is InChI=1S/C13H9NO4S2/c15-13(8-1-6-11(19)12(20)7-8)18-10-4-2-9(3-5-10)14(16)17/h1-7,19-20H. The Morgan fingerprint density at radius 3 is 2.25 bits per heavy atom. The monoisotopic (exact) mass is 307 g/mol. The van der Waals surface area contributed by atoms with Crippen molar-refractivity contribution in [2.45, 2.75) is 9.79 Å². The lowest BCUT2D eigenvalue weighted by Gasteiger charge is -2.05. The number of hydrogen-bond acceptors (Lipinski definition) is 6. The highest BCUT2D eigenvalue weighted by atomic mass is 32.1. The maximum absolute atomic E-state index is 11.9. The predicted octanol–water partition coefficient (Wildman–Crippen LogP) is 3.39. The molecule has 0 saturated carbocycles. The Bertz CT molecular complexity index is 671. The molecule has 0 amide bonds. The number of carbonyl (C=O) groups excluding carboxylic acids is 1. The molecule has 0 spiro atoms. The van der Waals surface area contributed by atoms with Gasteiger partial charge < -0.3 is 4.74 Å². The molecule has 0 N–H and O–H groups in total. The third-order valence-electron chi connectivity index (χ3n) is 2.47. The Balaban J connectivity index is 2.14. The molecule has 5 nitrogen and oxygen atoms in total. The number of hydrogen-bond donors (Lipinski definition) is 2. The lowest BCUT2D eigenvalue weighted by atomic mass is 10.2.